The lowest BCUT2D eigenvalue weighted by Crippen LogP contribution is -2.40. The summed E-state index contributed by atoms with van der Waals surface area (Å²) < 4.78 is 0. The molecule has 3 aromatic rings. The van der Waals surface area contributed by atoms with E-state index in [0.717, 1.165) is 54.9 Å². The van der Waals surface area contributed by atoms with E-state index in [1.54, 1.807) is 0 Å². The average molecular weight is 362 g/mol. The minimum atomic E-state index is 0.0838. The third-order valence-corrected chi connectivity index (χ3v) is 5.44. The average Bonchev–Trinajstić information content (AvgIpc) is 3.17. The normalized spacial score (nSPS) is 15.2. The number of aromatic nitrogens is 2. The minimum absolute atomic E-state index is 0.0838. The lowest BCUT2D eigenvalue weighted by atomic mass is 9.96. The third-order valence-electron chi connectivity index (χ3n) is 5.44. The Hall–Kier alpha value is -2.82. The molecule has 2 N–H and O–H groups in total. The fraction of sp³-hybridized carbons (Fsp3) is 0.364. The number of rotatable bonds is 5. The van der Waals surface area contributed by atoms with Crippen molar-refractivity contribution in [1.29, 1.82) is 0 Å². The first kappa shape index (κ1) is 17.6. The third kappa shape index (κ3) is 3.97. The Morgan fingerprint density at radius 3 is 2.52 bits per heavy atom. The second-order valence-electron chi connectivity index (χ2n) is 7.23. The summed E-state index contributed by atoms with van der Waals surface area (Å²) in [6, 6.07) is 16.5. The van der Waals surface area contributed by atoms with Crippen molar-refractivity contribution in [2.24, 2.45) is 5.92 Å². The Balaban J connectivity index is 1.29. The molecule has 5 nitrogen and oxygen atoms in total. The van der Waals surface area contributed by atoms with Gasteiger partial charge in [0.2, 0.25) is 11.9 Å². The first-order chi connectivity index (χ1) is 13.2. The second kappa shape index (κ2) is 7.82. The topological polar surface area (TPSA) is 61.0 Å². The Morgan fingerprint density at radius 1 is 1.11 bits per heavy atom. The maximum atomic E-state index is 12.5. The SMILES string of the molecule is CCc1ccc(CNC(=O)C2CCN(c3nc4ccccc4[nH]3)CC2)cc1. The predicted octanol–water partition coefficient (Wildman–Crippen LogP) is 3.66. The highest BCUT2D eigenvalue weighted by Gasteiger charge is 2.26. The zero-order chi connectivity index (χ0) is 18.6. The standard InChI is InChI=1S/C22H26N4O/c1-2-16-7-9-17(10-8-16)15-23-21(27)18-11-13-26(14-12-18)22-24-19-5-3-4-6-20(19)25-22/h3-10,18H,2,11-15H2,1H3,(H,23,27)(H,24,25). The first-order valence-corrected chi connectivity index (χ1v) is 9.78. The number of imidazole rings is 1. The number of nitrogens with one attached hydrogen (secondary N) is 2. The Kier molecular flexibility index (Phi) is 5.10. The number of anilines is 1. The summed E-state index contributed by atoms with van der Waals surface area (Å²) in [7, 11) is 0. The van der Waals surface area contributed by atoms with Crippen molar-refractivity contribution < 1.29 is 4.79 Å². The molecule has 0 aliphatic carbocycles. The summed E-state index contributed by atoms with van der Waals surface area (Å²) in [6.07, 6.45) is 2.76. The molecule has 0 unspecified atom stereocenters. The van der Waals surface area contributed by atoms with Crippen LogP contribution in [0.3, 0.4) is 0 Å². The molecule has 1 fully saturated rings. The highest BCUT2D eigenvalue weighted by Crippen LogP contribution is 2.23. The van der Waals surface area contributed by atoms with E-state index in [-0.39, 0.29) is 11.8 Å². The number of aromatic amines is 1. The number of nitrogens with zero attached hydrogens (tertiary/aromatic N) is 2. The van der Waals surface area contributed by atoms with Crippen LogP contribution in [0, 0.1) is 5.92 Å². The van der Waals surface area contributed by atoms with E-state index in [2.05, 4.69) is 51.4 Å². The number of carbonyl (C=O) groups excluding carboxylic acids is 1. The van der Waals surface area contributed by atoms with Crippen molar-refractivity contribution in [2.75, 3.05) is 18.0 Å². The molecular formula is C22H26N4O. The van der Waals surface area contributed by atoms with Crippen molar-refractivity contribution in [3.8, 4) is 0 Å². The van der Waals surface area contributed by atoms with Crippen LogP contribution in [-0.4, -0.2) is 29.0 Å². The summed E-state index contributed by atoms with van der Waals surface area (Å²) in [4.78, 5) is 22.8. The minimum Gasteiger partial charge on any atom is -0.352 e. The van der Waals surface area contributed by atoms with Crippen molar-refractivity contribution in [3.63, 3.8) is 0 Å². The predicted molar refractivity (Wildman–Crippen MR) is 109 cm³/mol. The molecule has 1 aromatic heterocycles. The van der Waals surface area contributed by atoms with E-state index in [1.807, 2.05) is 24.3 Å². The molecule has 0 atom stereocenters. The zero-order valence-corrected chi connectivity index (χ0v) is 15.7. The Bertz CT molecular complexity index is 874. The fourth-order valence-electron chi connectivity index (χ4n) is 3.67. The van der Waals surface area contributed by atoms with Crippen LogP contribution in [0.2, 0.25) is 0 Å². The van der Waals surface area contributed by atoms with Crippen LogP contribution < -0.4 is 10.2 Å². The molecule has 0 spiro atoms. The quantitative estimate of drug-likeness (QED) is 0.728. The van der Waals surface area contributed by atoms with Crippen LogP contribution in [0.1, 0.15) is 30.9 Å². The van der Waals surface area contributed by atoms with Crippen LogP contribution in [0.5, 0.6) is 0 Å². The van der Waals surface area contributed by atoms with Crippen molar-refractivity contribution in [1.82, 2.24) is 15.3 Å². The smallest absolute Gasteiger partial charge is 0.223 e. The zero-order valence-electron chi connectivity index (χ0n) is 15.7. The van der Waals surface area contributed by atoms with Gasteiger partial charge in [-0.3, -0.25) is 4.79 Å². The number of aryl methyl sites for hydroxylation is 1. The number of fused-ring (bicyclic) bond motifs is 1. The molecule has 0 saturated carbocycles. The second-order valence-corrected chi connectivity index (χ2v) is 7.23. The molecule has 1 saturated heterocycles. The van der Waals surface area contributed by atoms with Crippen LogP contribution >= 0.6 is 0 Å². The summed E-state index contributed by atoms with van der Waals surface area (Å²) in [5.41, 5.74) is 4.52. The van der Waals surface area contributed by atoms with Gasteiger partial charge in [-0.2, -0.15) is 0 Å². The number of amides is 1. The summed E-state index contributed by atoms with van der Waals surface area (Å²) in [5, 5.41) is 3.10. The van der Waals surface area contributed by atoms with Gasteiger partial charge in [-0.15, -0.1) is 0 Å². The molecule has 1 amide bonds. The van der Waals surface area contributed by atoms with Gasteiger partial charge < -0.3 is 15.2 Å². The van der Waals surface area contributed by atoms with Gasteiger partial charge in [-0.1, -0.05) is 43.3 Å². The van der Waals surface area contributed by atoms with Gasteiger partial charge in [0.25, 0.3) is 0 Å². The number of H-pyrrole nitrogens is 1. The van der Waals surface area contributed by atoms with Gasteiger partial charge in [0, 0.05) is 25.6 Å². The number of carbonyl (C=O) groups is 1. The van der Waals surface area contributed by atoms with Crippen LogP contribution in [0.4, 0.5) is 5.95 Å². The molecule has 2 aromatic carbocycles. The molecule has 0 radical (unpaired) electrons. The lowest BCUT2D eigenvalue weighted by molar-refractivity contribution is -0.125. The molecule has 2 heterocycles. The van der Waals surface area contributed by atoms with Gasteiger partial charge in [0.15, 0.2) is 0 Å². The van der Waals surface area contributed by atoms with Crippen LogP contribution in [0.25, 0.3) is 11.0 Å². The molecule has 4 rings (SSSR count). The molecular weight excluding hydrogens is 336 g/mol. The first-order valence-electron chi connectivity index (χ1n) is 9.78. The maximum Gasteiger partial charge on any atom is 0.223 e. The number of piperidine rings is 1. The van der Waals surface area contributed by atoms with Crippen molar-refractivity contribution in [3.05, 3.63) is 59.7 Å². The number of hydrogen-bond acceptors (Lipinski definition) is 3. The monoisotopic (exact) mass is 362 g/mol. The summed E-state index contributed by atoms with van der Waals surface area (Å²) in [5.74, 6) is 1.16. The van der Waals surface area contributed by atoms with Crippen molar-refractivity contribution in [2.45, 2.75) is 32.7 Å². The van der Waals surface area contributed by atoms with Gasteiger partial charge >= 0.3 is 0 Å². The molecule has 0 bridgehead atoms. The fourth-order valence-corrected chi connectivity index (χ4v) is 3.67. The van der Waals surface area contributed by atoms with Gasteiger partial charge in [-0.25, -0.2) is 4.98 Å². The number of hydrogen-bond donors (Lipinski definition) is 2. The van der Waals surface area contributed by atoms with E-state index in [4.69, 9.17) is 0 Å². The summed E-state index contributed by atoms with van der Waals surface area (Å²) >= 11 is 0. The largest absolute Gasteiger partial charge is 0.352 e. The molecule has 27 heavy (non-hydrogen) atoms. The van der Waals surface area contributed by atoms with Gasteiger partial charge in [-0.05, 0) is 42.5 Å². The van der Waals surface area contributed by atoms with E-state index >= 15 is 0 Å². The summed E-state index contributed by atoms with van der Waals surface area (Å²) in [6.45, 7) is 4.45. The number of para-hydroxylation sites is 2. The molecule has 1 aliphatic heterocycles. The maximum absolute atomic E-state index is 12.5. The van der Waals surface area contributed by atoms with E-state index in [9.17, 15) is 4.79 Å². The molecule has 5 heteroatoms. The van der Waals surface area contributed by atoms with E-state index in [0.29, 0.717) is 6.54 Å². The van der Waals surface area contributed by atoms with E-state index in [1.165, 1.54) is 5.56 Å². The molecule has 140 valence electrons. The number of benzene rings is 2. The van der Waals surface area contributed by atoms with Gasteiger partial charge in [0.05, 0.1) is 11.0 Å². The Labute approximate surface area is 159 Å². The Morgan fingerprint density at radius 2 is 1.81 bits per heavy atom. The lowest BCUT2D eigenvalue weighted by Gasteiger charge is -2.31. The highest BCUT2D eigenvalue weighted by atomic mass is 16.1. The highest BCUT2D eigenvalue weighted by molar-refractivity contribution is 5.79. The van der Waals surface area contributed by atoms with Crippen molar-refractivity contribution >= 4 is 22.9 Å². The molecule has 1 aliphatic rings. The van der Waals surface area contributed by atoms with Crippen LogP contribution in [0.15, 0.2) is 48.5 Å². The van der Waals surface area contributed by atoms with Gasteiger partial charge in [0.1, 0.15) is 0 Å². The van der Waals surface area contributed by atoms with E-state index < -0.39 is 0 Å². The van der Waals surface area contributed by atoms with Crippen LogP contribution in [-0.2, 0) is 17.8 Å².